The quantitative estimate of drug-likeness (QED) is 0.923. The summed E-state index contributed by atoms with van der Waals surface area (Å²) in [5.74, 6) is -0.214. The molecule has 1 fully saturated rings. The summed E-state index contributed by atoms with van der Waals surface area (Å²) < 4.78 is 0. The fourth-order valence-electron chi connectivity index (χ4n) is 2.65. The number of hydrogen-bond donors (Lipinski definition) is 1. The van der Waals surface area contributed by atoms with Gasteiger partial charge in [-0.1, -0.05) is 24.9 Å². The van der Waals surface area contributed by atoms with Crippen LogP contribution in [-0.2, 0) is 11.3 Å². The number of hydrogen-bond acceptors (Lipinski definition) is 3. The Morgan fingerprint density at radius 2 is 2.42 bits per heavy atom. The van der Waals surface area contributed by atoms with Crippen LogP contribution < -0.4 is 0 Å². The average Bonchev–Trinajstić information content (AvgIpc) is 2.41. The maximum Gasteiger partial charge on any atom is 0.320 e. The van der Waals surface area contributed by atoms with Crippen molar-refractivity contribution in [2.45, 2.75) is 38.8 Å². The molecule has 0 saturated carbocycles. The van der Waals surface area contributed by atoms with Gasteiger partial charge in [0.15, 0.2) is 0 Å². The van der Waals surface area contributed by atoms with Gasteiger partial charge in [0.25, 0.3) is 0 Å². The third-order valence-corrected chi connectivity index (χ3v) is 4.25. The molecule has 0 aromatic carbocycles. The molecule has 0 aliphatic carbocycles. The SMILES string of the molecule is CCC1CCN(Cc2ccncc2Cl)C(C(=O)O)C1. The third kappa shape index (κ3) is 3.45. The number of aromatic nitrogens is 1. The molecule has 0 bridgehead atoms. The first-order chi connectivity index (χ1) is 9.11. The average molecular weight is 283 g/mol. The van der Waals surface area contributed by atoms with Gasteiger partial charge >= 0.3 is 5.97 Å². The molecule has 4 nitrogen and oxygen atoms in total. The normalized spacial score (nSPS) is 24.3. The Labute approximate surface area is 118 Å². The number of nitrogens with zero attached hydrogens (tertiary/aromatic N) is 2. The zero-order chi connectivity index (χ0) is 13.8. The van der Waals surface area contributed by atoms with E-state index in [9.17, 15) is 9.90 Å². The molecule has 2 heterocycles. The number of pyridine rings is 1. The molecule has 1 N–H and O–H groups in total. The largest absolute Gasteiger partial charge is 0.480 e. The van der Waals surface area contributed by atoms with Crippen LogP contribution >= 0.6 is 11.6 Å². The fraction of sp³-hybridized carbons (Fsp3) is 0.571. The summed E-state index contributed by atoms with van der Waals surface area (Å²) in [6, 6.07) is 1.45. The van der Waals surface area contributed by atoms with Crippen LogP contribution in [0.2, 0.25) is 5.02 Å². The highest BCUT2D eigenvalue weighted by Gasteiger charge is 2.32. The van der Waals surface area contributed by atoms with E-state index in [4.69, 9.17) is 11.6 Å². The molecule has 1 aromatic rings. The van der Waals surface area contributed by atoms with Gasteiger partial charge in [-0.15, -0.1) is 0 Å². The van der Waals surface area contributed by atoms with Gasteiger partial charge in [-0.25, -0.2) is 0 Å². The second-order valence-electron chi connectivity index (χ2n) is 5.09. The smallest absolute Gasteiger partial charge is 0.320 e. The Balaban J connectivity index is 2.10. The molecule has 0 spiro atoms. The first kappa shape index (κ1) is 14.3. The summed E-state index contributed by atoms with van der Waals surface area (Å²) in [6.07, 6.45) is 6.13. The Bertz CT molecular complexity index is 453. The van der Waals surface area contributed by atoms with E-state index in [0.29, 0.717) is 17.5 Å². The van der Waals surface area contributed by atoms with Crippen molar-refractivity contribution >= 4 is 17.6 Å². The molecule has 2 unspecified atom stereocenters. The molecule has 19 heavy (non-hydrogen) atoms. The van der Waals surface area contributed by atoms with Gasteiger partial charge in [-0.05, 0) is 36.9 Å². The van der Waals surface area contributed by atoms with Crippen LogP contribution in [0.1, 0.15) is 31.7 Å². The molecular formula is C14H19ClN2O2. The van der Waals surface area contributed by atoms with Crippen LogP contribution in [0.3, 0.4) is 0 Å². The number of aliphatic carboxylic acids is 1. The lowest BCUT2D eigenvalue weighted by molar-refractivity contribution is -0.145. The van der Waals surface area contributed by atoms with E-state index in [1.807, 2.05) is 11.0 Å². The van der Waals surface area contributed by atoms with Gasteiger partial charge in [0.1, 0.15) is 6.04 Å². The van der Waals surface area contributed by atoms with Gasteiger partial charge in [0.2, 0.25) is 0 Å². The van der Waals surface area contributed by atoms with Crippen molar-refractivity contribution in [3.8, 4) is 0 Å². The lowest BCUT2D eigenvalue weighted by Crippen LogP contribution is -2.46. The van der Waals surface area contributed by atoms with E-state index in [1.54, 1.807) is 12.4 Å². The molecule has 104 valence electrons. The van der Waals surface area contributed by atoms with Crippen molar-refractivity contribution in [1.82, 2.24) is 9.88 Å². The molecule has 0 amide bonds. The number of likely N-dealkylation sites (tertiary alicyclic amines) is 1. The fourth-order valence-corrected chi connectivity index (χ4v) is 2.83. The van der Waals surface area contributed by atoms with Crippen molar-refractivity contribution < 1.29 is 9.90 Å². The minimum atomic E-state index is -0.733. The van der Waals surface area contributed by atoms with Gasteiger partial charge in [0, 0.05) is 18.9 Å². The summed E-state index contributed by atoms with van der Waals surface area (Å²) >= 11 is 6.09. The molecule has 5 heteroatoms. The summed E-state index contributed by atoms with van der Waals surface area (Å²) in [7, 11) is 0. The molecule has 2 rings (SSSR count). The van der Waals surface area contributed by atoms with Gasteiger partial charge in [-0.2, -0.15) is 0 Å². The topological polar surface area (TPSA) is 53.4 Å². The van der Waals surface area contributed by atoms with Crippen molar-refractivity contribution in [2.75, 3.05) is 6.54 Å². The van der Waals surface area contributed by atoms with Gasteiger partial charge < -0.3 is 5.11 Å². The second kappa shape index (κ2) is 6.35. The number of carboxylic acid groups (broad SMARTS) is 1. The Morgan fingerprint density at radius 1 is 1.63 bits per heavy atom. The van der Waals surface area contributed by atoms with Gasteiger partial charge in [-0.3, -0.25) is 14.7 Å². The lowest BCUT2D eigenvalue weighted by atomic mass is 9.88. The number of halogens is 1. The van der Waals surface area contributed by atoms with E-state index in [1.165, 1.54) is 0 Å². The van der Waals surface area contributed by atoms with Crippen molar-refractivity contribution in [3.63, 3.8) is 0 Å². The third-order valence-electron chi connectivity index (χ3n) is 3.91. The highest BCUT2D eigenvalue weighted by molar-refractivity contribution is 6.31. The predicted octanol–water partition coefficient (Wildman–Crippen LogP) is 2.81. The van der Waals surface area contributed by atoms with E-state index >= 15 is 0 Å². The van der Waals surface area contributed by atoms with Crippen LogP contribution in [-0.4, -0.2) is 33.5 Å². The monoisotopic (exact) mass is 282 g/mol. The summed E-state index contributed by atoms with van der Waals surface area (Å²) in [4.78, 5) is 17.4. The standard InChI is InChI=1S/C14H19ClN2O2/c1-2-10-4-6-17(13(7-10)14(18)19)9-11-3-5-16-8-12(11)15/h3,5,8,10,13H,2,4,6-7,9H2,1H3,(H,18,19). The minimum absolute atomic E-state index is 0.400. The Hall–Kier alpha value is -1.13. The van der Waals surface area contributed by atoms with Crippen molar-refractivity contribution in [1.29, 1.82) is 0 Å². The number of piperidine rings is 1. The molecule has 2 atom stereocenters. The highest BCUT2D eigenvalue weighted by Crippen LogP contribution is 2.28. The minimum Gasteiger partial charge on any atom is -0.480 e. The summed E-state index contributed by atoms with van der Waals surface area (Å²) in [5, 5.41) is 9.98. The number of carbonyl (C=O) groups is 1. The Kier molecular flexibility index (Phi) is 4.77. The van der Waals surface area contributed by atoms with Crippen LogP contribution in [0.15, 0.2) is 18.5 Å². The molecule has 1 aromatic heterocycles. The zero-order valence-electron chi connectivity index (χ0n) is 11.1. The van der Waals surface area contributed by atoms with Crippen LogP contribution in [0.4, 0.5) is 0 Å². The van der Waals surface area contributed by atoms with Gasteiger partial charge in [0.05, 0.1) is 5.02 Å². The lowest BCUT2D eigenvalue weighted by Gasteiger charge is -2.37. The number of carboxylic acids is 1. The molecule has 0 radical (unpaired) electrons. The first-order valence-corrected chi connectivity index (χ1v) is 7.04. The molecule has 1 aliphatic rings. The summed E-state index contributed by atoms with van der Waals surface area (Å²) in [5.41, 5.74) is 0.942. The highest BCUT2D eigenvalue weighted by atomic mass is 35.5. The molecule has 1 aliphatic heterocycles. The van der Waals surface area contributed by atoms with Crippen LogP contribution in [0.25, 0.3) is 0 Å². The van der Waals surface area contributed by atoms with E-state index in [2.05, 4.69) is 11.9 Å². The number of rotatable bonds is 4. The molecular weight excluding hydrogens is 264 g/mol. The van der Waals surface area contributed by atoms with Crippen molar-refractivity contribution in [3.05, 3.63) is 29.0 Å². The first-order valence-electron chi connectivity index (χ1n) is 6.67. The van der Waals surface area contributed by atoms with Crippen molar-refractivity contribution in [2.24, 2.45) is 5.92 Å². The van der Waals surface area contributed by atoms with E-state index in [0.717, 1.165) is 31.4 Å². The van der Waals surface area contributed by atoms with Crippen LogP contribution in [0.5, 0.6) is 0 Å². The van der Waals surface area contributed by atoms with E-state index < -0.39 is 12.0 Å². The maximum atomic E-state index is 11.4. The predicted molar refractivity (Wildman–Crippen MR) is 74.1 cm³/mol. The zero-order valence-corrected chi connectivity index (χ0v) is 11.8. The molecule has 1 saturated heterocycles. The maximum absolute atomic E-state index is 11.4. The van der Waals surface area contributed by atoms with E-state index in [-0.39, 0.29) is 0 Å². The Morgan fingerprint density at radius 3 is 3.05 bits per heavy atom. The van der Waals surface area contributed by atoms with Crippen LogP contribution in [0, 0.1) is 5.92 Å². The second-order valence-corrected chi connectivity index (χ2v) is 5.50. The summed E-state index contributed by atoms with van der Waals surface area (Å²) in [6.45, 7) is 3.52.